The van der Waals surface area contributed by atoms with Gasteiger partial charge in [-0.15, -0.1) is 0 Å². The first kappa shape index (κ1) is 19.5. The molecule has 0 aliphatic heterocycles. The Morgan fingerprint density at radius 3 is 2.27 bits per heavy atom. The molecule has 2 rings (SSSR count). The molecule has 5 nitrogen and oxygen atoms in total. The summed E-state index contributed by atoms with van der Waals surface area (Å²) < 4.78 is 5.51. The predicted octanol–water partition coefficient (Wildman–Crippen LogP) is 3.18. The average Bonchev–Trinajstić information content (AvgIpc) is 2.66. The lowest BCUT2D eigenvalue weighted by molar-refractivity contribution is -0.131. The fourth-order valence-corrected chi connectivity index (χ4v) is 2.72. The molecule has 0 bridgehead atoms. The summed E-state index contributed by atoms with van der Waals surface area (Å²) in [5, 5.41) is 2.85. The first-order valence-corrected chi connectivity index (χ1v) is 8.84. The number of ether oxygens (including phenoxy) is 1. The highest BCUT2D eigenvalue weighted by atomic mass is 16.5. The van der Waals surface area contributed by atoms with Crippen molar-refractivity contribution in [3.8, 4) is 5.75 Å². The molecule has 2 aromatic rings. The number of para-hydroxylation sites is 1. The average molecular weight is 354 g/mol. The first-order valence-electron chi connectivity index (χ1n) is 8.84. The van der Waals surface area contributed by atoms with Gasteiger partial charge in [0.25, 0.3) is 0 Å². The second-order valence-corrected chi connectivity index (χ2v) is 6.06. The largest absolute Gasteiger partial charge is 0.493 e. The Balaban J connectivity index is 1.73. The van der Waals surface area contributed by atoms with Gasteiger partial charge in [-0.2, -0.15) is 0 Å². The smallest absolute Gasteiger partial charge is 0.223 e. The maximum atomic E-state index is 12.0. The Hall–Kier alpha value is -2.82. The van der Waals surface area contributed by atoms with Gasteiger partial charge in [0.15, 0.2) is 0 Å². The zero-order chi connectivity index (χ0) is 18.8. The molecule has 0 aliphatic rings. The molecule has 2 amide bonds. The van der Waals surface area contributed by atoms with E-state index < -0.39 is 0 Å². The van der Waals surface area contributed by atoms with E-state index in [0.717, 1.165) is 11.3 Å². The third-order valence-electron chi connectivity index (χ3n) is 4.17. The van der Waals surface area contributed by atoms with Crippen LogP contribution in [0.4, 0.5) is 0 Å². The van der Waals surface area contributed by atoms with Crippen molar-refractivity contribution in [3.63, 3.8) is 0 Å². The number of carbonyl (C=O) groups is 2. The second kappa shape index (κ2) is 10.2. The van der Waals surface area contributed by atoms with Crippen molar-refractivity contribution in [2.24, 2.45) is 0 Å². The summed E-state index contributed by atoms with van der Waals surface area (Å²) >= 11 is 0. The lowest BCUT2D eigenvalue weighted by Crippen LogP contribution is -2.39. The van der Waals surface area contributed by atoms with Crippen molar-refractivity contribution in [3.05, 3.63) is 66.2 Å². The summed E-state index contributed by atoms with van der Waals surface area (Å²) in [5.74, 6) is 0.652. The van der Waals surface area contributed by atoms with Crippen molar-refractivity contribution in [2.45, 2.75) is 26.3 Å². The highest BCUT2D eigenvalue weighted by Gasteiger charge is 2.18. The van der Waals surface area contributed by atoms with E-state index >= 15 is 0 Å². The fraction of sp³-hybridized carbons (Fsp3) is 0.333. The minimum Gasteiger partial charge on any atom is -0.493 e. The van der Waals surface area contributed by atoms with Crippen LogP contribution in [-0.4, -0.2) is 36.4 Å². The number of benzene rings is 2. The molecule has 0 radical (unpaired) electrons. The van der Waals surface area contributed by atoms with Gasteiger partial charge in [0.1, 0.15) is 5.75 Å². The molecule has 5 heteroatoms. The number of amides is 2. The van der Waals surface area contributed by atoms with Gasteiger partial charge < -0.3 is 15.0 Å². The van der Waals surface area contributed by atoms with Crippen molar-refractivity contribution in [1.29, 1.82) is 0 Å². The van der Waals surface area contributed by atoms with Crippen molar-refractivity contribution >= 4 is 11.8 Å². The maximum Gasteiger partial charge on any atom is 0.223 e. The van der Waals surface area contributed by atoms with E-state index in [-0.39, 0.29) is 24.3 Å². The molecule has 1 atom stereocenters. The van der Waals surface area contributed by atoms with E-state index in [1.54, 1.807) is 11.8 Å². The highest BCUT2D eigenvalue weighted by Crippen LogP contribution is 2.19. The molecule has 0 spiro atoms. The Morgan fingerprint density at radius 1 is 1.04 bits per heavy atom. The molecule has 26 heavy (non-hydrogen) atoms. The minimum absolute atomic E-state index is 0.0111. The predicted molar refractivity (Wildman–Crippen MR) is 102 cm³/mol. The zero-order valence-corrected chi connectivity index (χ0v) is 15.4. The molecule has 0 saturated carbocycles. The molecular formula is C21H26N2O3. The molecule has 0 aromatic heterocycles. The SMILES string of the molecule is CC(=O)N(CCNC(=O)CCOc1ccccc1)C(C)c1ccccc1. The molecule has 1 N–H and O–H groups in total. The summed E-state index contributed by atoms with van der Waals surface area (Å²) in [4.78, 5) is 25.6. The summed E-state index contributed by atoms with van der Waals surface area (Å²) in [6, 6.07) is 19.2. The van der Waals surface area contributed by atoms with Gasteiger partial charge >= 0.3 is 0 Å². The van der Waals surface area contributed by atoms with Crippen LogP contribution in [0.2, 0.25) is 0 Å². The van der Waals surface area contributed by atoms with E-state index in [9.17, 15) is 9.59 Å². The van der Waals surface area contributed by atoms with E-state index in [2.05, 4.69) is 5.32 Å². The number of hydrogen-bond acceptors (Lipinski definition) is 3. The van der Waals surface area contributed by atoms with Crippen LogP contribution in [0.1, 0.15) is 31.9 Å². The maximum absolute atomic E-state index is 12.0. The summed E-state index contributed by atoms with van der Waals surface area (Å²) in [6.07, 6.45) is 0.281. The number of nitrogens with zero attached hydrogens (tertiary/aromatic N) is 1. The molecule has 0 heterocycles. The van der Waals surface area contributed by atoms with Gasteiger partial charge in [0.05, 0.1) is 19.1 Å². The molecule has 0 fully saturated rings. The molecule has 1 unspecified atom stereocenters. The van der Waals surface area contributed by atoms with Gasteiger partial charge in [0, 0.05) is 20.0 Å². The van der Waals surface area contributed by atoms with Crippen LogP contribution < -0.4 is 10.1 Å². The Labute approximate surface area is 155 Å². The molecule has 0 saturated heterocycles. The molecule has 2 aromatic carbocycles. The summed E-state index contributed by atoms with van der Waals surface area (Å²) in [7, 11) is 0. The van der Waals surface area contributed by atoms with E-state index in [0.29, 0.717) is 19.7 Å². The highest BCUT2D eigenvalue weighted by molar-refractivity contribution is 5.76. The Morgan fingerprint density at radius 2 is 1.65 bits per heavy atom. The summed E-state index contributed by atoms with van der Waals surface area (Å²) in [5.41, 5.74) is 1.07. The Bertz CT molecular complexity index is 689. The van der Waals surface area contributed by atoms with E-state index in [1.165, 1.54) is 0 Å². The lowest BCUT2D eigenvalue weighted by atomic mass is 10.1. The van der Waals surface area contributed by atoms with Crippen molar-refractivity contribution in [1.82, 2.24) is 10.2 Å². The third kappa shape index (κ3) is 6.24. The van der Waals surface area contributed by atoms with Crippen LogP contribution in [0.3, 0.4) is 0 Å². The van der Waals surface area contributed by atoms with Crippen LogP contribution in [0.25, 0.3) is 0 Å². The van der Waals surface area contributed by atoms with Gasteiger partial charge in [-0.05, 0) is 24.6 Å². The lowest BCUT2D eigenvalue weighted by Gasteiger charge is -2.28. The normalized spacial score (nSPS) is 11.5. The topological polar surface area (TPSA) is 58.6 Å². The fourth-order valence-electron chi connectivity index (χ4n) is 2.72. The van der Waals surface area contributed by atoms with Gasteiger partial charge in [0.2, 0.25) is 11.8 Å². The molecule has 0 aliphatic carbocycles. The minimum atomic E-state index is -0.0863. The zero-order valence-electron chi connectivity index (χ0n) is 15.4. The molecule has 138 valence electrons. The van der Waals surface area contributed by atoms with E-state index in [4.69, 9.17) is 4.74 Å². The van der Waals surface area contributed by atoms with Crippen molar-refractivity contribution in [2.75, 3.05) is 19.7 Å². The molecular weight excluding hydrogens is 328 g/mol. The van der Waals surface area contributed by atoms with Gasteiger partial charge in [-0.1, -0.05) is 48.5 Å². The second-order valence-electron chi connectivity index (χ2n) is 6.06. The van der Waals surface area contributed by atoms with Crippen LogP contribution in [0.5, 0.6) is 5.75 Å². The van der Waals surface area contributed by atoms with Crippen LogP contribution in [-0.2, 0) is 9.59 Å². The van der Waals surface area contributed by atoms with Crippen molar-refractivity contribution < 1.29 is 14.3 Å². The monoisotopic (exact) mass is 354 g/mol. The standard InChI is InChI=1S/C21H26N2O3/c1-17(19-9-5-3-6-10-19)23(18(2)24)15-14-22-21(25)13-16-26-20-11-7-4-8-12-20/h3-12,17H,13-16H2,1-2H3,(H,22,25). The van der Waals surface area contributed by atoms with Crippen LogP contribution in [0.15, 0.2) is 60.7 Å². The number of carbonyl (C=O) groups excluding carboxylic acids is 2. The van der Waals surface area contributed by atoms with Gasteiger partial charge in [-0.3, -0.25) is 9.59 Å². The number of rotatable bonds is 9. The number of nitrogens with one attached hydrogen (secondary N) is 1. The third-order valence-corrected chi connectivity index (χ3v) is 4.17. The Kier molecular flexibility index (Phi) is 7.68. The van der Waals surface area contributed by atoms with Crippen LogP contribution in [0, 0.1) is 0 Å². The van der Waals surface area contributed by atoms with E-state index in [1.807, 2.05) is 67.6 Å². The van der Waals surface area contributed by atoms with Crippen LogP contribution >= 0.6 is 0 Å². The first-order chi connectivity index (χ1) is 12.6. The quantitative estimate of drug-likeness (QED) is 0.752. The summed E-state index contributed by atoms with van der Waals surface area (Å²) in [6.45, 7) is 4.76. The van der Waals surface area contributed by atoms with Gasteiger partial charge in [-0.25, -0.2) is 0 Å². The number of hydrogen-bond donors (Lipinski definition) is 1.